The molecular formula is C20H15Cl2LiO2P. The summed E-state index contributed by atoms with van der Waals surface area (Å²) in [6.07, 6.45) is 0. The van der Waals surface area contributed by atoms with E-state index < -0.39 is 0 Å². The first-order valence-corrected chi connectivity index (χ1v) is 9.39. The molecule has 3 rings (SSSR count). The van der Waals surface area contributed by atoms with Crippen molar-refractivity contribution in [1.29, 1.82) is 0 Å². The largest absolute Gasteiger partial charge is 0.457 e. The number of benzene rings is 3. The molecule has 6 heteroatoms. The van der Waals surface area contributed by atoms with Gasteiger partial charge in [0.05, 0.1) is 15.6 Å². The molecule has 0 spiro atoms. The topological polar surface area (TPSA) is 26.3 Å². The maximum absolute atomic E-state index is 12.6. The first-order valence-electron chi connectivity index (χ1n) is 7.63. The summed E-state index contributed by atoms with van der Waals surface area (Å²) in [6.45, 7) is 1.96. The maximum atomic E-state index is 12.6. The van der Waals surface area contributed by atoms with Gasteiger partial charge < -0.3 is 4.74 Å². The van der Waals surface area contributed by atoms with Gasteiger partial charge >= 0.3 is 0 Å². The van der Waals surface area contributed by atoms with Crippen LogP contribution >= 0.6 is 31.8 Å². The Morgan fingerprint density at radius 2 is 1.54 bits per heavy atom. The van der Waals surface area contributed by atoms with Crippen LogP contribution in [0.25, 0.3) is 0 Å². The second-order valence-electron chi connectivity index (χ2n) is 5.44. The molecular weight excluding hydrogens is 381 g/mol. The molecule has 0 fully saturated rings. The van der Waals surface area contributed by atoms with Gasteiger partial charge in [-0.05, 0) is 62.8 Å². The zero-order valence-corrected chi connectivity index (χ0v) is 16.9. The predicted octanol–water partition coefficient (Wildman–Crippen LogP) is 5.86. The molecule has 2 nitrogen and oxygen atoms in total. The van der Waals surface area contributed by atoms with Gasteiger partial charge in [0.2, 0.25) is 0 Å². The summed E-state index contributed by atoms with van der Waals surface area (Å²) in [5.74, 6) is 1.51. The smallest absolute Gasteiger partial charge is 0.188 e. The molecule has 0 aliphatic heterocycles. The zero-order chi connectivity index (χ0) is 17.8. The average Bonchev–Trinajstić information content (AvgIpc) is 2.58. The molecule has 0 aliphatic carbocycles. The fourth-order valence-corrected chi connectivity index (χ4v) is 4.17. The molecule has 0 saturated heterocycles. The Hall–Kier alpha value is -1.26. The van der Waals surface area contributed by atoms with Crippen LogP contribution in [0.5, 0.6) is 11.5 Å². The van der Waals surface area contributed by atoms with Gasteiger partial charge in [0.15, 0.2) is 5.52 Å². The van der Waals surface area contributed by atoms with E-state index in [9.17, 15) is 4.79 Å². The third kappa shape index (κ3) is 5.14. The minimum Gasteiger partial charge on any atom is -0.457 e. The Kier molecular flexibility index (Phi) is 7.78. The monoisotopic (exact) mass is 395 g/mol. The van der Waals surface area contributed by atoms with Crippen molar-refractivity contribution in [3.8, 4) is 11.5 Å². The summed E-state index contributed by atoms with van der Waals surface area (Å²) in [5, 5.41) is 1.71. The fourth-order valence-electron chi connectivity index (χ4n) is 2.36. The molecule has 26 heavy (non-hydrogen) atoms. The third-order valence-electron chi connectivity index (χ3n) is 3.61. The van der Waals surface area contributed by atoms with Crippen molar-refractivity contribution in [2.24, 2.45) is 0 Å². The SMILES string of the molecule is Cc1cc(Oc2ccccc2)ccc1PC(=O)c1c(Cl)cccc1Cl.[Li]. The van der Waals surface area contributed by atoms with Gasteiger partial charge in [0, 0.05) is 18.9 Å². The van der Waals surface area contributed by atoms with Crippen molar-refractivity contribution in [3.63, 3.8) is 0 Å². The normalized spacial score (nSPS) is 10.6. The van der Waals surface area contributed by atoms with Crippen LogP contribution in [0.2, 0.25) is 10.0 Å². The predicted molar refractivity (Wildman–Crippen MR) is 112 cm³/mol. The maximum Gasteiger partial charge on any atom is 0.188 e. The summed E-state index contributed by atoms with van der Waals surface area (Å²) in [5.41, 5.74) is 1.30. The van der Waals surface area contributed by atoms with Crippen molar-refractivity contribution in [1.82, 2.24) is 0 Å². The van der Waals surface area contributed by atoms with E-state index in [2.05, 4.69) is 0 Å². The Bertz CT molecular complexity index is 897. The number of carbonyl (C=O) groups is 1. The molecule has 3 aromatic rings. The fraction of sp³-hybridized carbons (Fsp3) is 0.0500. The Morgan fingerprint density at radius 3 is 2.15 bits per heavy atom. The molecule has 0 bridgehead atoms. The van der Waals surface area contributed by atoms with Crippen molar-refractivity contribution in [2.45, 2.75) is 6.92 Å². The Balaban J connectivity index is 0.00000243. The molecule has 1 unspecified atom stereocenters. The molecule has 0 amide bonds. The van der Waals surface area contributed by atoms with E-state index >= 15 is 0 Å². The Morgan fingerprint density at radius 1 is 0.885 bits per heavy atom. The zero-order valence-electron chi connectivity index (χ0n) is 14.4. The van der Waals surface area contributed by atoms with Crippen LogP contribution < -0.4 is 10.0 Å². The number of ether oxygens (including phenoxy) is 1. The summed E-state index contributed by atoms with van der Waals surface area (Å²) in [7, 11) is -0.0518. The molecule has 0 heterocycles. The van der Waals surface area contributed by atoms with E-state index in [0.29, 0.717) is 15.6 Å². The van der Waals surface area contributed by atoms with Gasteiger partial charge in [-0.2, -0.15) is 0 Å². The molecule has 0 saturated carbocycles. The van der Waals surface area contributed by atoms with Crippen molar-refractivity contribution >= 4 is 61.5 Å². The van der Waals surface area contributed by atoms with Crippen molar-refractivity contribution < 1.29 is 9.53 Å². The minimum atomic E-state index is -0.0737. The minimum absolute atomic E-state index is 0. The van der Waals surface area contributed by atoms with E-state index in [-0.39, 0.29) is 33.0 Å². The second-order valence-corrected chi connectivity index (χ2v) is 7.50. The number of aryl methyl sites for hydroxylation is 1. The van der Waals surface area contributed by atoms with Gasteiger partial charge in [-0.25, -0.2) is 0 Å². The van der Waals surface area contributed by atoms with Crippen LogP contribution in [0.3, 0.4) is 0 Å². The van der Waals surface area contributed by atoms with Gasteiger partial charge in [0.25, 0.3) is 0 Å². The van der Waals surface area contributed by atoms with Crippen LogP contribution in [-0.2, 0) is 0 Å². The first kappa shape index (κ1) is 21.0. The summed E-state index contributed by atoms with van der Waals surface area (Å²) in [4.78, 5) is 12.6. The Labute approximate surface area is 176 Å². The van der Waals surface area contributed by atoms with E-state index in [0.717, 1.165) is 22.4 Å². The standard InChI is InChI=1S/C20H15Cl2O2P.Li/c1-13-12-15(24-14-6-3-2-4-7-14)10-11-18(13)25-20(23)19-16(21)8-5-9-17(19)22;/h2-12,25H,1H3;. The van der Waals surface area contributed by atoms with Gasteiger partial charge in [-0.3, -0.25) is 4.79 Å². The van der Waals surface area contributed by atoms with E-state index in [1.54, 1.807) is 18.2 Å². The van der Waals surface area contributed by atoms with Crippen LogP contribution in [0, 0.1) is 6.92 Å². The van der Waals surface area contributed by atoms with Gasteiger partial charge in [0.1, 0.15) is 11.5 Å². The van der Waals surface area contributed by atoms with Crippen molar-refractivity contribution in [3.05, 3.63) is 87.9 Å². The number of carbonyl (C=O) groups excluding carboxylic acids is 1. The average molecular weight is 396 g/mol. The molecule has 3 aromatic carbocycles. The van der Waals surface area contributed by atoms with Gasteiger partial charge in [-0.1, -0.05) is 53.5 Å². The molecule has 0 aliphatic rings. The summed E-state index contributed by atoms with van der Waals surface area (Å²) in [6, 6.07) is 20.4. The van der Waals surface area contributed by atoms with Crippen LogP contribution in [0.15, 0.2) is 66.7 Å². The van der Waals surface area contributed by atoms with Crippen molar-refractivity contribution in [2.75, 3.05) is 0 Å². The molecule has 127 valence electrons. The summed E-state index contributed by atoms with van der Waals surface area (Å²) < 4.78 is 5.82. The molecule has 0 N–H and O–H groups in total. The van der Waals surface area contributed by atoms with E-state index in [1.165, 1.54) is 0 Å². The van der Waals surface area contributed by atoms with Crippen LogP contribution in [0.4, 0.5) is 0 Å². The van der Waals surface area contributed by atoms with E-state index in [1.807, 2.05) is 55.5 Å². The molecule has 1 atom stereocenters. The number of rotatable bonds is 5. The van der Waals surface area contributed by atoms with Crippen LogP contribution in [-0.4, -0.2) is 24.4 Å². The molecule has 1 radical (unpaired) electrons. The first-order chi connectivity index (χ1) is 12.0. The number of hydrogen-bond donors (Lipinski definition) is 0. The molecule has 0 aromatic heterocycles. The van der Waals surface area contributed by atoms with E-state index in [4.69, 9.17) is 27.9 Å². The quantitative estimate of drug-likeness (QED) is 0.399. The summed E-state index contributed by atoms with van der Waals surface area (Å²) >= 11 is 12.3. The van der Waals surface area contributed by atoms with Crippen LogP contribution in [0.1, 0.15) is 15.9 Å². The number of hydrogen-bond acceptors (Lipinski definition) is 2. The second kappa shape index (κ2) is 9.61. The van der Waals surface area contributed by atoms with Gasteiger partial charge in [-0.15, -0.1) is 0 Å². The third-order valence-corrected chi connectivity index (χ3v) is 5.55. The number of para-hydroxylation sites is 1. The number of halogens is 2.